The molecule has 0 fully saturated rings. The van der Waals surface area contributed by atoms with Gasteiger partial charge < -0.3 is 0 Å². The average Bonchev–Trinajstić information content (AvgIpc) is 3.11. The molecule has 4 rings (SSSR count). The second-order valence-electron chi connectivity index (χ2n) is 7.81. The molecule has 34 heavy (non-hydrogen) atoms. The summed E-state index contributed by atoms with van der Waals surface area (Å²) in [4.78, 5) is 14.1. The monoisotopic (exact) mass is 490 g/mol. The highest BCUT2D eigenvalue weighted by Crippen LogP contribution is 2.36. The molecule has 0 aliphatic carbocycles. The van der Waals surface area contributed by atoms with E-state index in [1.54, 1.807) is 11.8 Å². The molecule has 0 saturated carbocycles. The number of amides is 1. The van der Waals surface area contributed by atoms with Gasteiger partial charge in [-0.05, 0) is 41.8 Å². The van der Waals surface area contributed by atoms with Crippen molar-refractivity contribution in [2.75, 3.05) is 5.01 Å². The minimum atomic E-state index is -2.30. The van der Waals surface area contributed by atoms with Gasteiger partial charge in [-0.1, -0.05) is 44.2 Å². The predicted molar refractivity (Wildman–Crippen MR) is 124 cm³/mol. The van der Waals surface area contributed by atoms with Crippen molar-refractivity contribution < 1.29 is 26.7 Å². The largest absolute Gasteiger partial charge is 0.280 e. The second-order valence-corrected chi connectivity index (χ2v) is 9.29. The molecule has 3 nitrogen and oxygen atoms in total. The number of carbonyl (C=O) groups excluding carboxylic acids is 1. The van der Waals surface area contributed by atoms with Crippen molar-refractivity contribution in [3.8, 4) is 0 Å². The summed E-state index contributed by atoms with van der Waals surface area (Å²) in [5.41, 5.74) is -0.692. The highest BCUT2D eigenvalue weighted by atomic mass is 32.2. The Morgan fingerprint density at radius 3 is 2.15 bits per heavy atom. The van der Waals surface area contributed by atoms with Crippen molar-refractivity contribution in [1.82, 2.24) is 0 Å². The number of halogens is 5. The van der Waals surface area contributed by atoms with Crippen molar-refractivity contribution in [3.63, 3.8) is 0 Å². The number of nitrogens with zero attached hydrogens (tertiary/aromatic N) is 2. The normalized spacial score (nSPS) is 16.0. The van der Waals surface area contributed by atoms with E-state index in [4.69, 9.17) is 0 Å². The van der Waals surface area contributed by atoms with E-state index in [9.17, 15) is 26.7 Å². The van der Waals surface area contributed by atoms with E-state index in [-0.39, 0.29) is 16.3 Å². The Labute approximate surface area is 196 Å². The molecule has 3 aromatic rings. The lowest BCUT2D eigenvalue weighted by Gasteiger charge is -2.15. The predicted octanol–water partition coefficient (Wildman–Crippen LogP) is 7.23. The maximum atomic E-state index is 14.3. The summed E-state index contributed by atoms with van der Waals surface area (Å²) >= 11 is 1.73. The van der Waals surface area contributed by atoms with Gasteiger partial charge in [0.1, 0.15) is 5.69 Å². The Balaban J connectivity index is 1.79. The zero-order valence-electron chi connectivity index (χ0n) is 18.4. The summed E-state index contributed by atoms with van der Waals surface area (Å²) in [7, 11) is 0. The van der Waals surface area contributed by atoms with Gasteiger partial charge in [-0.2, -0.15) is 10.1 Å². The number of rotatable bonds is 5. The number of hydrazone groups is 1. The van der Waals surface area contributed by atoms with Gasteiger partial charge in [-0.3, -0.25) is 4.79 Å². The number of anilines is 1. The third kappa shape index (κ3) is 3.98. The van der Waals surface area contributed by atoms with Gasteiger partial charge in [0.2, 0.25) is 5.82 Å². The number of thioether (sulfide) groups is 1. The average molecular weight is 490 g/mol. The van der Waals surface area contributed by atoms with Crippen molar-refractivity contribution >= 4 is 45.9 Å². The fourth-order valence-corrected chi connectivity index (χ4v) is 4.65. The fraction of sp³-hybridized carbons (Fsp3) is 0.200. The molecular weight excluding hydrogens is 471 g/mol. The number of fused-ring (bicyclic) bond motifs is 1. The van der Waals surface area contributed by atoms with Crippen LogP contribution in [0.3, 0.4) is 0 Å². The number of hydrogen-bond donors (Lipinski definition) is 0. The summed E-state index contributed by atoms with van der Waals surface area (Å²) in [5, 5.41) is 6.22. The van der Waals surface area contributed by atoms with Crippen molar-refractivity contribution in [3.05, 3.63) is 76.6 Å². The zero-order chi connectivity index (χ0) is 24.7. The van der Waals surface area contributed by atoms with Crippen molar-refractivity contribution in [2.45, 2.75) is 37.3 Å². The Kier molecular flexibility index (Phi) is 6.49. The van der Waals surface area contributed by atoms with Crippen LogP contribution >= 0.6 is 11.8 Å². The molecule has 9 heteroatoms. The summed E-state index contributed by atoms with van der Waals surface area (Å²) in [6, 6.07) is 11.3. The van der Waals surface area contributed by atoms with Crippen LogP contribution in [0.2, 0.25) is 0 Å². The molecule has 0 radical (unpaired) electrons. The molecule has 1 heterocycles. The molecule has 1 aliphatic heterocycles. The standard InChI is InChI=1S/C25H19F5N2OS/c1-4-12(2)34-18-10-9-14(15-7-5-6-8-16(15)18)11-17-13(3)31-32(25(17)33)24-22(29)20(27)19(26)21(28)23(24)30/h5-12H,4H2,1-3H3/b17-11+/t12-/m0/s1. The van der Waals surface area contributed by atoms with Gasteiger partial charge in [0, 0.05) is 10.1 Å². The summed E-state index contributed by atoms with van der Waals surface area (Å²) in [6.45, 7) is 5.65. The van der Waals surface area contributed by atoms with E-state index in [0.29, 0.717) is 10.8 Å². The van der Waals surface area contributed by atoms with E-state index in [0.717, 1.165) is 22.1 Å². The minimum Gasteiger partial charge on any atom is -0.267 e. The summed E-state index contributed by atoms with van der Waals surface area (Å²) in [5.74, 6) is -11.8. The van der Waals surface area contributed by atoms with E-state index in [2.05, 4.69) is 18.9 Å². The lowest BCUT2D eigenvalue weighted by atomic mass is 10.0. The first-order valence-corrected chi connectivity index (χ1v) is 11.3. The van der Waals surface area contributed by atoms with E-state index < -0.39 is 40.7 Å². The van der Waals surface area contributed by atoms with Gasteiger partial charge in [0.25, 0.3) is 5.91 Å². The SMILES string of the molecule is CC[C@H](C)Sc1ccc(/C=C2/C(=O)N(c3c(F)c(F)c(F)c(F)c3F)N=C2C)c2ccccc12. The van der Waals surface area contributed by atoms with Crippen LogP contribution in [-0.2, 0) is 4.79 Å². The van der Waals surface area contributed by atoms with Crippen LogP contribution in [0.5, 0.6) is 0 Å². The molecule has 0 spiro atoms. The van der Waals surface area contributed by atoms with Crippen LogP contribution in [0.25, 0.3) is 16.8 Å². The maximum absolute atomic E-state index is 14.3. The first-order chi connectivity index (χ1) is 16.1. The highest BCUT2D eigenvalue weighted by Gasteiger charge is 2.37. The van der Waals surface area contributed by atoms with Crippen LogP contribution in [0, 0.1) is 29.1 Å². The molecule has 1 amide bonds. The Morgan fingerprint density at radius 1 is 0.941 bits per heavy atom. The first kappa shape index (κ1) is 23.9. The molecule has 0 bridgehead atoms. The minimum absolute atomic E-state index is 0.0172. The number of benzene rings is 3. The Hall–Kier alpha value is -3.20. The Bertz CT molecular complexity index is 1360. The van der Waals surface area contributed by atoms with Crippen LogP contribution in [0.15, 0.2) is 52.0 Å². The van der Waals surface area contributed by atoms with Crippen LogP contribution < -0.4 is 5.01 Å². The molecule has 176 valence electrons. The lowest BCUT2D eigenvalue weighted by molar-refractivity contribution is -0.114. The topological polar surface area (TPSA) is 32.7 Å². The molecular formula is C25H19F5N2OS. The first-order valence-electron chi connectivity index (χ1n) is 10.5. The number of carbonyl (C=O) groups is 1. The molecule has 0 aromatic heterocycles. The number of hydrogen-bond acceptors (Lipinski definition) is 3. The quantitative estimate of drug-likeness (QED) is 0.124. The van der Waals surface area contributed by atoms with Gasteiger partial charge in [0.05, 0.1) is 11.3 Å². The van der Waals surface area contributed by atoms with Crippen LogP contribution in [0.1, 0.15) is 32.8 Å². The van der Waals surface area contributed by atoms with E-state index >= 15 is 0 Å². The van der Waals surface area contributed by atoms with Crippen molar-refractivity contribution in [1.29, 1.82) is 0 Å². The smallest absolute Gasteiger partial charge is 0.267 e. The lowest BCUT2D eigenvalue weighted by Crippen LogP contribution is -2.25. The van der Waals surface area contributed by atoms with Crippen LogP contribution in [0.4, 0.5) is 27.6 Å². The third-order valence-corrected chi connectivity index (χ3v) is 6.93. The van der Waals surface area contributed by atoms with Gasteiger partial charge >= 0.3 is 0 Å². The molecule has 3 aromatic carbocycles. The third-order valence-electron chi connectivity index (χ3n) is 5.58. The van der Waals surface area contributed by atoms with E-state index in [1.807, 2.05) is 36.4 Å². The van der Waals surface area contributed by atoms with E-state index in [1.165, 1.54) is 13.0 Å². The van der Waals surface area contributed by atoms with Gasteiger partial charge in [-0.15, -0.1) is 11.8 Å². The molecule has 0 saturated heterocycles. The molecule has 1 atom stereocenters. The fourth-order valence-electron chi connectivity index (χ4n) is 3.59. The molecule has 0 N–H and O–H groups in total. The Morgan fingerprint density at radius 2 is 1.53 bits per heavy atom. The van der Waals surface area contributed by atoms with Crippen molar-refractivity contribution in [2.24, 2.45) is 5.10 Å². The molecule has 0 unspecified atom stereocenters. The second kappa shape index (κ2) is 9.21. The zero-order valence-corrected chi connectivity index (χ0v) is 19.2. The molecule has 1 aliphatic rings. The highest BCUT2D eigenvalue weighted by molar-refractivity contribution is 8.00. The summed E-state index contributed by atoms with van der Waals surface area (Å²) in [6.07, 6.45) is 2.50. The van der Waals surface area contributed by atoms with Crippen LogP contribution in [-0.4, -0.2) is 16.9 Å². The maximum Gasteiger partial charge on any atom is 0.280 e. The summed E-state index contributed by atoms with van der Waals surface area (Å²) < 4.78 is 69.4. The van der Waals surface area contributed by atoms with Gasteiger partial charge in [-0.25, -0.2) is 22.0 Å². The van der Waals surface area contributed by atoms with Gasteiger partial charge in [0.15, 0.2) is 23.3 Å².